The van der Waals surface area contributed by atoms with Crippen molar-refractivity contribution in [3.05, 3.63) is 58.7 Å². The zero-order chi connectivity index (χ0) is 17.1. The van der Waals surface area contributed by atoms with E-state index in [2.05, 4.69) is 10.3 Å². The first-order valence-corrected chi connectivity index (χ1v) is 8.12. The third-order valence-electron chi connectivity index (χ3n) is 4.26. The van der Waals surface area contributed by atoms with Crippen LogP contribution >= 0.6 is 0 Å². The van der Waals surface area contributed by atoms with Crippen LogP contribution in [0.5, 0.6) is 11.5 Å². The summed E-state index contributed by atoms with van der Waals surface area (Å²) in [5.41, 5.74) is 9.91. The summed E-state index contributed by atoms with van der Waals surface area (Å²) in [5, 5.41) is 13.1. The predicted molar refractivity (Wildman–Crippen MR) is 95.3 cm³/mol. The molecule has 0 spiro atoms. The van der Waals surface area contributed by atoms with Crippen molar-refractivity contribution in [2.24, 2.45) is 10.7 Å². The van der Waals surface area contributed by atoms with Crippen LogP contribution in [0.2, 0.25) is 0 Å². The Balaban J connectivity index is 1.70. The summed E-state index contributed by atoms with van der Waals surface area (Å²) in [7, 11) is 0. The first-order chi connectivity index (χ1) is 11.5. The van der Waals surface area contributed by atoms with Crippen LogP contribution in [-0.2, 0) is 6.54 Å². The minimum atomic E-state index is 0.113. The van der Waals surface area contributed by atoms with Crippen molar-refractivity contribution in [2.45, 2.75) is 32.9 Å². The van der Waals surface area contributed by atoms with Crippen molar-refractivity contribution < 1.29 is 9.84 Å². The maximum absolute atomic E-state index is 9.83. The number of nitrogens with one attached hydrogen (secondary N) is 1. The van der Waals surface area contributed by atoms with Gasteiger partial charge in [-0.15, -0.1) is 0 Å². The van der Waals surface area contributed by atoms with Crippen LogP contribution in [0.4, 0.5) is 0 Å². The fraction of sp³-hybridized carbons (Fsp3) is 0.316. The van der Waals surface area contributed by atoms with E-state index in [1.807, 2.05) is 50.2 Å². The molecule has 4 N–H and O–H groups in total. The van der Waals surface area contributed by atoms with E-state index in [1.54, 1.807) is 0 Å². The molecule has 5 heteroatoms. The molecule has 0 saturated carbocycles. The molecule has 3 rings (SSSR count). The molecule has 0 radical (unpaired) electrons. The van der Waals surface area contributed by atoms with E-state index in [4.69, 9.17) is 10.5 Å². The summed E-state index contributed by atoms with van der Waals surface area (Å²) in [5.74, 6) is 1.66. The molecule has 0 saturated heterocycles. The number of aliphatic imine (C=N–C) groups is 1. The number of rotatable bonds is 3. The molecule has 0 amide bonds. The summed E-state index contributed by atoms with van der Waals surface area (Å²) in [6.07, 6.45) is 0.852. The molecule has 2 aromatic carbocycles. The van der Waals surface area contributed by atoms with Gasteiger partial charge in [-0.05, 0) is 36.6 Å². The van der Waals surface area contributed by atoms with E-state index in [-0.39, 0.29) is 6.04 Å². The largest absolute Gasteiger partial charge is 0.507 e. The number of guanidine groups is 1. The normalized spacial score (nSPS) is 17.1. The number of fused-ring (bicyclic) bond motifs is 1. The van der Waals surface area contributed by atoms with Crippen LogP contribution in [0.1, 0.15) is 34.7 Å². The third-order valence-corrected chi connectivity index (χ3v) is 4.26. The van der Waals surface area contributed by atoms with Crippen molar-refractivity contribution in [1.82, 2.24) is 5.32 Å². The van der Waals surface area contributed by atoms with Crippen molar-refractivity contribution in [1.29, 1.82) is 0 Å². The zero-order valence-corrected chi connectivity index (χ0v) is 14.0. The van der Waals surface area contributed by atoms with Gasteiger partial charge in [-0.2, -0.15) is 0 Å². The molecule has 1 atom stereocenters. The Hall–Kier alpha value is -2.69. The molecule has 1 aliphatic rings. The quantitative estimate of drug-likeness (QED) is 0.599. The highest BCUT2D eigenvalue weighted by atomic mass is 16.5. The van der Waals surface area contributed by atoms with E-state index < -0.39 is 0 Å². The van der Waals surface area contributed by atoms with Gasteiger partial charge in [-0.3, -0.25) is 0 Å². The van der Waals surface area contributed by atoms with Crippen LogP contribution < -0.4 is 15.8 Å². The van der Waals surface area contributed by atoms with E-state index >= 15 is 0 Å². The van der Waals surface area contributed by atoms with Crippen molar-refractivity contribution in [2.75, 3.05) is 6.61 Å². The molecule has 2 aromatic rings. The molecule has 0 aliphatic carbocycles. The monoisotopic (exact) mass is 325 g/mol. The van der Waals surface area contributed by atoms with Gasteiger partial charge in [-0.25, -0.2) is 4.99 Å². The van der Waals surface area contributed by atoms with Crippen LogP contribution in [0.3, 0.4) is 0 Å². The van der Waals surface area contributed by atoms with Gasteiger partial charge >= 0.3 is 0 Å². The molecule has 0 fully saturated rings. The second kappa shape index (κ2) is 6.83. The Morgan fingerprint density at radius 2 is 2.00 bits per heavy atom. The summed E-state index contributed by atoms with van der Waals surface area (Å²) < 4.78 is 5.66. The summed E-state index contributed by atoms with van der Waals surface area (Å²) in [4.78, 5) is 4.43. The van der Waals surface area contributed by atoms with Gasteiger partial charge in [0.2, 0.25) is 0 Å². The van der Waals surface area contributed by atoms with Crippen molar-refractivity contribution in [3.63, 3.8) is 0 Å². The number of aryl methyl sites for hydroxylation is 2. The third kappa shape index (κ3) is 3.45. The van der Waals surface area contributed by atoms with Gasteiger partial charge in [0.05, 0.1) is 19.2 Å². The molecule has 1 heterocycles. The first kappa shape index (κ1) is 16.2. The van der Waals surface area contributed by atoms with Gasteiger partial charge in [-0.1, -0.05) is 30.3 Å². The van der Waals surface area contributed by atoms with E-state index in [0.717, 1.165) is 34.4 Å². The lowest BCUT2D eigenvalue weighted by atomic mass is 10.0. The van der Waals surface area contributed by atoms with Gasteiger partial charge < -0.3 is 20.9 Å². The fourth-order valence-electron chi connectivity index (χ4n) is 3.03. The molecular formula is C19H23N3O2. The van der Waals surface area contributed by atoms with Crippen LogP contribution in [-0.4, -0.2) is 17.7 Å². The number of para-hydroxylation sites is 1. The molecule has 0 bridgehead atoms. The van der Waals surface area contributed by atoms with Gasteiger partial charge in [0, 0.05) is 12.0 Å². The number of phenols is 1. The number of nitrogens with zero attached hydrogens (tertiary/aromatic N) is 1. The zero-order valence-electron chi connectivity index (χ0n) is 14.0. The molecular weight excluding hydrogens is 302 g/mol. The number of hydrogen-bond donors (Lipinski definition) is 3. The summed E-state index contributed by atoms with van der Waals surface area (Å²) in [6.45, 7) is 4.91. The van der Waals surface area contributed by atoms with Crippen LogP contribution in [0.15, 0.2) is 41.4 Å². The average Bonchev–Trinajstić information content (AvgIpc) is 2.58. The number of phenolic OH excluding ortho intramolecular Hbond substituents is 1. The van der Waals surface area contributed by atoms with Crippen molar-refractivity contribution >= 4 is 5.96 Å². The highest BCUT2D eigenvalue weighted by molar-refractivity contribution is 5.78. The minimum absolute atomic E-state index is 0.113. The Morgan fingerprint density at radius 1 is 1.29 bits per heavy atom. The minimum Gasteiger partial charge on any atom is -0.507 e. The highest BCUT2D eigenvalue weighted by Crippen LogP contribution is 2.31. The Kier molecular flexibility index (Phi) is 4.60. The van der Waals surface area contributed by atoms with E-state index in [0.29, 0.717) is 24.9 Å². The number of nitrogens with two attached hydrogens (primary N) is 1. The first-order valence-electron chi connectivity index (χ1n) is 8.12. The fourth-order valence-corrected chi connectivity index (χ4v) is 3.03. The number of ether oxygens (including phenoxy) is 1. The van der Waals surface area contributed by atoms with Gasteiger partial charge in [0.15, 0.2) is 5.96 Å². The molecule has 1 unspecified atom stereocenters. The average molecular weight is 325 g/mol. The summed E-state index contributed by atoms with van der Waals surface area (Å²) in [6, 6.07) is 12.0. The second-order valence-electron chi connectivity index (χ2n) is 6.15. The van der Waals surface area contributed by atoms with Gasteiger partial charge in [0.25, 0.3) is 0 Å². The van der Waals surface area contributed by atoms with E-state index in [1.165, 1.54) is 0 Å². The van der Waals surface area contributed by atoms with Gasteiger partial charge in [0.1, 0.15) is 11.5 Å². The van der Waals surface area contributed by atoms with Crippen LogP contribution in [0, 0.1) is 13.8 Å². The Morgan fingerprint density at radius 3 is 2.75 bits per heavy atom. The van der Waals surface area contributed by atoms with E-state index in [9.17, 15) is 5.11 Å². The number of aromatic hydroxyl groups is 1. The maximum atomic E-state index is 9.83. The molecule has 1 aliphatic heterocycles. The molecule has 24 heavy (non-hydrogen) atoms. The molecule has 0 aromatic heterocycles. The predicted octanol–water partition coefficient (Wildman–Crippen LogP) is 2.94. The molecule has 5 nitrogen and oxygen atoms in total. The van der Waals surface area contributed by atoms with Crippen LogP contribution in [0.25, 0.3) is 0 Å². The lowest BCUT2D eigenvalue weighted by molar-refractivity contribution is 0.262. The Labute approximate surface area is 142 Å². The smallest absolute Gasteiger partial charge is 0.189 e. The molecule has 126 valence electrons. The second-order valence-corrected chi connectivity index (χ2v) is 6.15. The lowest BCUT2D eigenvalue weighted by Gasteiger charge is -2.26. The summed E-state index contributed by atoms with van der Waals surface area (Å²) >= 11 is 0. The maximum Gasteiger partial charge on any atom is 0.189 e. The van der Waals surface area contributed by atoms with Crippen molar-refractivity contribution in [3.8, 4) is 11.5 Å². The lowest BCUT2D eigenvalue weighted by Crippen LogP contribution is -2.37. The number of benzene rings is 2. The Bertz CT molecular complexity index is 748. The SMILES string of the molecule is Cc1cc(CN=C(N)NC2CCOc3ccccc32)cc(C)c1O. The highest BCUT2D eigenvalue weighted by Gasteiger charge is 2.21. The number of hydrogen-bond acceptors (Lipinski definition) is 3. The standard InChI is InChI=1S/C19H23N3O2/c1-12-9-14(10-13(2)18(12)23)11-21-19(20)22-16-7-8-24-17-6-4-3-5-15(16)17/h3-6,9-10,16,23H,7-8,11H2,1-2H3,(H3,20,21,22). The topological polar surface area (TPSA) is 79.9 Å².